The van der Waals surface area contributed by atoms with E-state index >= 15 is 0 Å². The Kier molecular flexibility index (Phi) is 3.98. The highest BCUT2D eigenvalue weighted by Crippen LogP contribution is 2.60. The zero-order chi connectivity index (χ0) is 15.2. The molecule has 0 radical (unpaired) electrons. The molecule has 3 nitrogen and oxygen atoms in total. The van der Waals surface area contributed by atoms with E-state index < -0.39 is 0 Å². The fourth-order valence-corrected chi connectivity index (χ4v) is 5.67. The van der Waals surface area contributed by atoms with Crippen LogP contribution in [0.25, 0.3) is 0 Å². The molecule has 0 saturated heterocycles. The summed E-state index contributed by atoms with van der Waals surface area (Å²) < 4.78 is 0. The van der Waals surface area contributed by atoms with Crippen molar-refractivity contribution in [1.29, 1.82) is 0 Å². The molecule has 0 aromatic heterocycles. The normalized spacial score (nSPS) is 46.0. The third-order valence-corrected chi connectivity index (χ3v) is 6.90. The zero-order valence-electron chi connectivity index (χ0n) is 13.3. The van der Waals surface area contributed by atoms with E-state index in [1.54, 1.807) is 6.92 Å². The van der Waals surface area contributed by atoms with Crippen molar-refractivity contribution in [3.05, 3.63) is 0 Å². The highest BCUT2D eigenvalue weighted by molar-refractivity contribution is 5.83. The minimum absolute atomic E-state index is 0.0761. The number of ketones is 2. The molecule has 0 aromatic rings. The Hall–Kier alpha value is -0.700. The summed E-state index contributed by atoms with van der Waals surface area (Å²) in [6.07, 6.45) is 6.98. The number of carbonyl (C=O) groups excluding carboxylic acids is 2. The maximum absolute atomic E-state index is 12.3. The molecule has 0 aromatic carbocycles. The second-order valence-electron chi connectivity index (χ2n) is 7.92. The van der Waals surface area contributed by atoms with Gasteiger partial charge in [-0.15, -0.1) is 0 Å². The Morgan fingerprint density at radius 2 is 2.00 bits per heavy atom. The van der Waals surface area contributed by atoms with Gasteiger partial charge in [0.25, 0.3) is 0 Å². The molecule has 0 aliphatic heterocycles. The Labute approximate surface area is 127 Å². The summed E-state index contributed by atoms with van der Waals surface area (Å²) in [4.78, 5) is 23.6. The number of carbonyl (C=O) groups is 2. The molecule has 3 fully saturated rings. The Balaban J connectivity index is 1.78. The lowest BCUT2D eigenvalue weighted by Crippen LogP contribution is -2.48. The van der Waals surface area contributed by atoms with Crippen LogP contribution in [0.3, 0.4) is 0 Å². The molecule has 3 aliphatic carbocycles. The summed E-state index contributed by atoms with van der Waals surface area (Å²) in [5.74, 6) is 2.33. The molecule has 21 heavy (non-hydrogen) atoms. The molecule has 3 saturated carbocycles. The van der Waals surface area contributed by atoms with E-state index in [4.69, 9.17) is 0 Å². The van der Waals surface area contributed by atoms with Gasteiger partial charge in [-0.25, -0.2) is 0 Å². The van der Waals surface area contributed by atoms with Crippen molar-refractivity contribution in [2.75, 3.05) is 0 Å². The minimum Gasteiger partial charge on any atom is -0.393 e. The van der Waals surface area contributed by atoms with Gasteiger partial charge < -0.3 is 9.90 Å². The predicted octanol–water partition coefficient (Wildman–Crippen LogP) is 3.14. The van der Waals surface area contributed by atoms with Gasteiger partial charge in [-0.2, -0.15) is 0 Å². The van der Waals surface area contributed by atoms with Crippen LogP contribution in [0.5, 0.6) is 0 Å². The Morgan fingerprint density at radius 3 is 2.71 bits per heavy atom. The van der Waals surface area contributed by atoms with Crippen LogP contribution in [0, 0.1) is 29.1 Å². The SMILES string of the molecule is CC(=O)CC[C@@H]1C(=O)CC[C@H]2[C@H]1CC[C@@]1(C)[C@H](O)CC[C@H]21. The number of aliphatic hydroxyl groups excluding tert-OH is 1. The first-order chi connectivity index (χ1) is 9.93. The standard InChI is InChI=1S/C18H28O3/c1-11(19)3-4-14-12-9-10-18(2)15(6-8-17(18)21)13(12)5-7-16(14)20/h12-15,17,21H,3-10H2,1-2H3/t12-,13+,14+,15-,17-,18-/m1/s1. The third-order valence-electron chi connectivity index (χ3n) is 6.90. The number of fused-ring (bicyclic) bond motifs is 3. The molecular weight excluding hydrogens is 264 g/mol. The summed E-state index contributed by atoms with van der Waals surface area (Å²) in [6.45, 7) is 3.88. The maximum atomic E-state index is 12.3. The second-order valence-corrected chi connectivity index (χ2v) is 7.92. The van der Waals surface area contributed by atoms with Crippen molar-refractivity contribution < 1.29 is 14.7 Å². The smallest absolute Gasteiger partial charge is 0.136 e. The van der Waals surface area contributed by atoms with Crippen molar-refractivity contribution in [3.63, 3.8) is 0 Å². The van der Waals surface area contributed by atoms with Gasteiger partial charge in [0.05, 0.1) is 6.10 Å². The van der Waals surface area contributed by atoms with Crippen LogP contribution in [0.2, 0.25) is 0 Å². The van der Waals surface area contributed by atoms with Crippen LogP contribution < -0.4 is 0 Å². The fourth-order valence-electron chi connectivity index (χ4n) is 5.67. The summed E-state index contributed by atoms with van der Waals surface area (Å²) in [6, 6.07) is 0. The highest BCUT2D eigenvalue weighted by atomic mass is 16.3. The summed E-state index contributed by atoms with van der Waals surface area (Å²) in [5, 5.41) is 10.4. The molecule has 118 valence electrons. The number of Topliss-reactive ketones (excluding diaryl/α,β-unsaturated/α-hetero) is 2. The first kappa shape index (κ1) is 15.2. The van der Waals surface area contributed by atoms with Crippen LogP contribution in [0.4, 0.5) is 0 Å². The molecule has 0 amide bonds. The lowest BCUT2D eigenvalue weighted by molar-refractivity contribution is -0.135. The zero-order valence-corrected chi connectivity index (χ0v) is 13.3. The quantitative estimate of drug-likeness (QED) is 0.869. The van der Waals surface area contributed by atoms with Gasteiger partial charge in [-0.05, 0) is 68.6 Å². The van der Waals surface area contributed by atoms with E-state index in [1.807, 2.05) is 0 Å². The average Bonchev–Trinajstić information content (AvgIpc) is 2.74. The average molecular weight is 292 g/mol. The van der Waals surface area contributed by atoms with Gasteiger partial charge in [0.2, 0.25) is 0 Å². The number of hydrogen-bond acceptors (Lipinski definition) is 3. The Bertz CT molecular complexity index is 444. The lowest BCUT2D eigenvalue weighted by Gasteiger charge is -2.51. The summed E-state index contributed by atoms with van der Waals surface area (Å²) >= 11 is 0. The van der Waals surface area contributed by atoms with Crippen molar-refractivity contribution in [2.24, 2.45) is 29.1 Å². The van der Waals surface area contributed by atoms with E-state index in [0.717, 1.165) is 38.5 Å². The van der Waals surface area contributed by atoms with Crippen LogP contribution >= 0.6 is 0 Å². The first-order valence-corrected chi connectivity index (χ1v) is 8.63. The highest BCUT2D eigenvalue weighted by Gasteiger charge is 2.56. The van der Waals surface area contributed by atoms with Gasteiger partial charge in [-0.1, -0.05) is 6.92 Å². The van der Waals surface area contributed by atoms with Gasteiger partial charge in [0.1, 0.15) is 11.6 Å². The summed E-state index contributed by atoms with van der Waals surface area (Å²) in [7, 11) is 0. The monoisotopic (exact) mass is 292 g/mol. The largest absolute Gasteiger partial charge is 0.393 e. The van der Waals surface area contributed by atoms with E-state index in [2.05, 4.69) is 6.92 Å². The lowest BCUT2D eigenvalue weighted by atomic mass is 9.53. The number of aliphatic hydroxyl groups is 1. The molecule has 3 rings (SSSR count). The van der Waals surface area contributed by atoms with Crippen molar-refractivity contribution in [1.82, 2.24) is 0 Å². The predicted molar refractivity (Wildman–Crippen MR) is 80.7 cm³/mol. The topological polar surface area (TPSA) is 54.4 Å². The number of rotatable bonds is 3. The van der Waals surface area contributed by atoms with Crippen LogP contribution in [-0.2, 0) is 9.59 Å². The second kappa shape index (κ2) is 5.49. The maximum Gasteiger partial charge on any atom is 0.136 e. The summed E-state index contributed by atoms with van der Waals surface area (Å²) in [5.41, 5.74) is 0.0761. The van der Waals surface area contributed by atoms with Gasteiger partial charge in [0, 0.05) is 18.8 Å². The first-order valence-electron chi connectivity index (χ1n) is 8.63. The Morgan fingerprint density at radius 1 is 1.24 bits per heavy atom. The van der Waals surface area contributed by atoms with E-state index in [1.165, 1.54) is 0 Å². The van der Waals surface area contributed by atoms with E-state index in [-0.39, 0.29) is 23.2 Å². The van der Waals surface area contributed by atoms with Gasteiger partial charge in [0.15, 0.2) is 0 Å². The number of hydrogen-bond donors (Lipinski definition) is 1. The van der Waals surface area contributed by atoms with Gasteiger partial charge in [-0.3, -0.25) is 4.79 Å². The minimum atomic E-state index is -0.156. The molecule has 1 N–H and O–H groups in total. The van der Waals surface area contributed by atoms with E-state index in [0.29, 0.717) is 36.4 Å². The molecule has 6 atom stereocenters. The van der Waals surface area contributed by atoms with E-state index in [9.17, 15) is 14.7 Å². The van der Waals surface area contributed by atoms with Crippen LogP contribution in [0.15, 0.2) is 0 Å². The van der Waals surface area contributed by atoms with Gasteiger partial charge >= 0.3 is 0 Å². The van der Waals surface area contributed by atoms with Crippen LogP contribution in [-0.4, -0.2) is 22.8 Å². The van der Waals surface area contributed by atoms with Crippen LogP contribution in [0.1, 0.15) is 65.2 Å². The van der Waals surface area contributed by atoms with Crippen molar-refractivity contribution >= 4 is 11.6 Å². The molecule has 0 heterocycles. The molecular formula is C18H28O3. The molecule has 3 aliphatic rings. The van der Waals surface area contributed by atoms with Crippen molar-refractivity contribution in [3.8, 4) is 0 Å². The fraction of sp³-hybridized carbons (Fsp3) is 0.889. The molecule has 0 bridgehead atoms. The third kappa shape index (κ3) is 2.48. The molecule has 0 unspecified atom stereocenters. The van der Waals surface area contributed by atoms with Crippen molar-refractivity contribution in [2.45, 2.75) is 71.3 Å². The molecule has 3 heteroatoms. The molecule has 0 spiro atoms.